The van der Waals surface area contributed by atoms with E-state index in [1.165, 1.54) is 0 Å². The molecule has 0 radical (unpaired) electrons. The molecule has 0 aromatic carbocycles. The summed E-state index contributed by atoms with van der Waals surface area (Å²) in [5.74, 6) is 0. The maximum Gasteiger partial charge on any atom is 0.0724 e. The second kappa shape index (κ2) is 5.02. The lowest BCUT2D eigenvalue weighted by atomic mass is 10.0. The highest BCUT2D eigenvalue weighted by Gasteiger charge is 2.19. The number of hydrogen-bond donors (Lipinski definition) is 2. The first-order valence-electron chi connectivity index (χ1n) is 4.81. The number of nitrogens with one attached hydrogen (secondary N) is 1. The molecular formula is C10H17N3O. The predicted octanol–water partition coefficient (Wildman–Crippen LogP) is 0.727. The summed E-state index contributed by atoms with van der Waals surface area (Å²) in [6, 6.07) is 0. The molecule has 14 heavy (non-hydrogen) atoms. The third kappa shape index (κ3) is 3.05. The van der Waals surface area contributed by atoms with Crippen LogP contribution in [0.15, 0.2) is 18.6 Å². The maximum atomic E-state index is 9.16. The molecule has 0 aliphatic heterocycles. The van der Waals surface area contributed by atoms with Crippen LogP contribution in [0, 0.1) is 0 Å². The first-order valence-corrected chi connectivity index (χ1v) is 4.81. The lowest BCUT2D eigenvalue weighted by Gasteiger charge is -2.26. The van der Waals surface area contributed by atoms with Gasteiger partial charge in [0.2, 0.25) is 0 Å². The van der Waals surface area contributed by atoms with Crippen LogP contribution in [0.5, 0.6) is 0 Å². The van der Waals surface area contributed by atoms with Gasteiger partial charge < -0.3 is 10.4 Å². The van der Waals surface area contributed by atoms with E-state index in [4.69, 9.17) is 5.11 Å². The lowest BCUT2D eigenvalue weighted by Crippen LogP contribution is -2.44. The third-order valence-electron chi connectivity index (χ3n) is 2.44. The van der Waals surface area contributed by atoms with E-state index in [1.54, 1.807) is 18.6 Å². The largest absolute Gasteiger partial charge is 0.394 e. The highest BCUT2D eigenvalue weighted by atomic mass is 16.3. The predicted molar refractivity (Wildman–Crippen MR) is 54.7 cm³/mol. The molecule has 0 saturated carbocycles. The number of nitrogens with zero attached hydrogens (tertiary/aromatic N) is 2. The average molecular weight is 195 g/mol. The highest BCUT2D eigenvalue weighted by molar-refractivity contribution is 4.95. The van der Waals surface area contributed by atoms with E-state index >= 15 is 0 Å². The van der Waals surface area contributed by atoms with E-state index in [-0.39, 0.29) is 12.1 Å². The fourth-order valence-corrected chi connectivity index (χ4v) is 1.02. The van der Waals surface area contributed by atoms with Gasteiger partial charge in [-0.15, -0.1) is 0 Å². The van der Waals surface area contributed by atoms with Gasteiger partial charge in [0.15, 0.2) is 0 Å². The van der Waals surface area contributed by atoms with Crippen molar-refractivity contribution in [1.82, 2.24) is 15.3 Å². The molecule has 0 aliphatic rings. The molecule has 4 nitrogen and oxygen atoms in total. The van der Waals surface area contributed by atoms with E-state index in [9.17, 15) is 0 Å². The van der Waals surface area contributed by atoms with Crippen molar-refractivity contribution in [2.45, 2.75) is 32.4 Å². The van der Waals surface area contributed by atoms with Gasteiger partial charge in [0, 0.05) is 30.7 Å². The van der Waals surface area contributed by atoms with Gasteiger partial charge in [0.25, 0.3) is 0 Å². The summed E-state index contributed by atoms with van der Waals surface area (Å²) >= 11 is 0. The fraction of sp³-hybridized carbons (Fsp3) is 0.600. The summed E-state index contributed by atoms with van der Waals surface area (Å²) in [4.78, 5) is 8.12. The standard InChI is InChI=1S/C10H17N3O/c1-3-10(2,8-14)13-7-9-6-11-4-5-12-9/h4-6,13-14H,3,7-8H2,1-2H3. The highest BCUT2D eigenvalue weighted by Crippen LogP contribution is 2.08. The van der Waals surface area contributed by atoms with Gasteiger partial charge in [-0.3, -0.25) is 9.97 Å². The van der Waals surface area contributed by atoms with Gasteiger partial charge in [0.1, 0.15) is 0 Å². The topological polar surface area (TPSA) is 58.0 Å². The van der Waals surface area contributed by atoms with Crippen LogP contribution in [-0.4, -0.2) is 27.2 Å². The molecule has 2 N–H and O–H groups in total. The number of aromatic nitrogens is 2. The summed E-state index contributed by atoms with van der Waals surface area (Å²) in [5.41, 5.74) is 0.665. The van der Waals surface area contributed by atoms with Crippen molar-refractivity contribution in [1.29, 1.82) is 0 Å². The van der Waals surface area contributed by atoms with Crippen LogP contribution in [0.25, 0.3) is 0 Å². The van der Waals surface area contributed by atoms with Crippen LogP contribution in [0.4, 0.5) is 0 Å². The number of aliphatic hydroxyl groups is 1. The van der Waals surface area contributed by atoms with E-state index in [1.807, 2.05) is 13.8 Å². The van der Waals surface area contributed by atoms with Crippen molar-refractivity contribution >= 4 is 0 Å². The Hall–Kier alpha value is -1.00. The second-order valence-electron chi connectivity index (χ2n) is 3.62. The smallest absolute Gasteiger partial charge is 0.0724 e. The quantitative estimate of drug-likeness (QED) is 0.727. The summed E-state index contributed by atoms with van der Waals surface area (Å²) in [5, 5.41) is 12.4. The Morgan fingerprint density at radius 1 is 1.50 bits per heavy atom. The van der Waals surface area contributed by atoms with Crippen molar-refractivity contribution in [3.05, 3.63) is 24.3 Å². The molecule has 78 valence electrons. The molecular weight excluding hydrogens is 178 g/mol. The van der Waals surface area contributed by atoms with E-state index in [0.717, 1.165) is 12.1 Å². The average Bonchev–Trinajstić information content (AvgIpc) is 2.27. The zero-order valence-corrected chi connectivity index (χ0v) is 8.70. The first kappa shape index (κ1) is 11.1. The number of hydrogen-bond acceptors (Lipinski definition) is 4. The molecule has 0 fully saturated rings. The molecule has 0 saturated heterocycles. The Labute approximate surface area is 84.4 Å². The summed E-state index contributed by atoms with van der Waals surface area (Å²) < 4.78 is 0. The van der Waals surface area contributed by atoms with Gasteiger partial charge in [-0.25, -0.2) is 0 Å². The van der Waals surface area contributed by atoms with Gasteiger partial charge in [-0.05, 0) is 13.3 Å². The van der Waals surface area contributed by atoms with Crippen molar-refractivity contribution in [3.63, 3.8) is 0 Å². The Balaban J connectivity index is 2.48. The molecule has 1 unspecified atom stereocenters. The van der Waals surface area contributed by atoms with Crippen LogP contribution < -0.4 is 5.32 Å². The molecule has 1 rings (SSSR count). The zero-order chi connectivity index (χ0) is 10.4. The minimum atomic E-state index is -0.225. The molecule has 0 spiro atoms. The Bertz CT molecular complexity index is 259. The number of rotatable bonds is 5. The maximum absolute atomic E-state index is 9.16. The monoisotopic (exact) mass is 195 g/mol. The van der Waals surface area contributed by atoms with Gasteiger partial charge in [-0.2, -0.15) is 0 Å². The molecule has 1 atom stereocenters. The fourth-order valence-electron chi connectivity index (χ4n) is 1.02. The van der Waals surface area contributed by atoms with Crippen LogP contribution in [0.3, 0.4) is 0 Å². The van der Waals surface area contributed by atoms with Crippen molar-refractivity contribution < 1.29 is 5.11 Å². The molecule has 0 amide bonds. The van der Waals surface area contributed by atoms with Crippen molar-refractivity contribution in [2.75, 3.05) is 6.61 Å². The van der Waals surface area contributed by atoms with Crippen LogP contribution in [-0.2, 0) is 6.54 Å². The van der Waals surface area contributed by atoms with Gasteiger partial charge >= 0.3 is 0 Å². The normalized spacial score (nSPS) is 15.1. The van der Waals surface area contributed by atoms with Crippen LogP contribution in [0.1, 0.15) is 26.0 Å². The minimum Gasteiger partial charge on any atom is -0.394 e. The second-order valence-corrected chi connectivity index (χ2v) is 3.62. The van der Waals surface area contributed by atoms with Gasteiger partial charge in [-0.1, -0.05) is 6.92 Å². The van der Waals surface area contributed by atoms with Gasteiger partial charge in [0.05, 0.1) is 12.3 Å². The Morgan fingerprint density at radius 2 is 2.29 bits per heavy atom. The van der Waals surface area contributed by atoms with Crippen molar-refractivity contribution in [3.8, 4) is 0 Å². The van der Waals surface area contributed by atoms with E-state index < -0.39 is 0 Å². The molecule has 1 aromatic rings. The van der Waals surface area contributed by atoms with Crippen molar-refractivity contribution in [2.24, 2.45) is 0 Å². The van der Waals surface area contributed by atoms with E-state index in [2.05, 4.69) is 15.3 Å². The molecule has 4 heteroatoms. The van der Waals surface area contributed by atoms with Crippen LogP contribution in [0.2, 0.25) is 0 Å². The first-order chi connectivity index (χ1) is 6.70. The summed E-state index contributed by atoms with van der Waals surface area (Å²) in [7, 11) is 0. The molecule has 0 aliphatic carbocycles. The Morgan fingerprint density at radius 3 is 2.79 bits per heavy atom. The lowest BCUT2D eigenvalue weighted by molar-refractivity contribution is 0.168. The Kier molecular flexibility index (Phi) is 3.98. The van der Waals surface area contributed by atoms with E-state index in [0.29, 0.717) is 6.54 Å². The minimum absolute atomic E-state index is 0.129. The zero-order valence-electron chi connectivity index (χ0n) is 8.70. The molecule has 0 bridgehead atoms. The SMILES string of the molecule is CCC(C)(CO)NCc1cnccn1. The molecule has 1 aromatic heterocycles. The summed E-state index contributed by atoms with van der Waals surface area (Å²) in [6.07, 6.45) is 5.91. The summed E-state index contributed by atoms with van der Waals surface area (Å²) in [6.45, 7) is 4.80. The number of aliphatic hydroxyl groups excluding tert-OH is 1. The third-order valence-corrected chi connectivity index (χ3v) is 2.44. The van der Waals surface area contributed by atoms with Crippen LogP contribution >= 0.6 is 0 Å². The molecule has 1 heterocycles.